The van der Waals surface area contributed by atoms with E-state index in [1.165, 1.54) is 13.0 Å². The zero-order valence-corrected chi connectivity index (χ0v) is 5.75. The highest BCUT2D eigenvalue weighted by molar-refractivity contribution is 5.87. The second-order valence-electron chi connectivity index (χ2n) is 1.55. The first-order valence-electron chi connectivity index (χ1n) is 2.66. The summed E-state index contributed by atoms with van der Waals surface area (Å²) in [5.74, 6) is -2.21. The van der Waals surface area contributed by atoms with Gasteiger partial charge in [-0.05, 0) is 13.0 Å². The van der Waals surface area contributed by atoms with Gasteiger partial charge in [0.15, 0.2) is 0 Å². The van der Waals surface area contributed by atoms with Crippen LogP contribution in [-0.4, -0.2) is 17.0 Å². The molecule has 0 heterocycles. The molecule has 0 aromatic heterocycles. The Balaban J connectivity index is 4.12. The molecule has 0 atom stereocenters. The van der Waals surface area contributed by atoms with E-state index in [0.29, 0.717) is 0 Å². The summed E-state index contributed by atoms with van der Waals surface area (Å²) in [5, 5.41) is 8.28. The molecular formula is C6H8O4. The fourth-order valence-corrected chi connectivity index (χ4v) is 0.381. The summed E-state index contributed by atoms with van der Waals surface area (Å²) in [6.45, 7) is 2.62. The standard InChI is InChI=1S/C6H8O4/c1-3-5(6(8)9)10-4(2)7/h3H,1-2H3,(H,8,9)/b5-3-. The Kier molecular flexibility index (Phi) is 3.17. The Morgan fingerprint density at radius 2 is 2.00 bits per heavy atom. The van der Waals surface area contributed by atoms with Crippen molar-refractivity contribution in [3.8, 4) is 0 Å². The van der Waals surface area contributed by atoms with Gasteiger partial charge in [0.05, 0.1) is 0 Å². The van der Waals surface area contributed by atoms with Gasteiger partial charge in [0.25, 0.3) is 0 Å². The van der Waals surface area contributed by atoms with E-state index in [1.807, 2.05) is 0 Å². The van der Waals surface area contributed by atoms with E-state index in [4.69, 9.17) is 5.11 Å². The lowest BCUT2D eigenvalue weighted by Gasteiger charge is -1.98. The number of ether oxygens (including phenoxy) is 1. The Morgan fingerprint density at radius 1 is 1.50 bits per heavy atom. The summed E-state index contributed by atoms with van der Waals surface area (Å²) >= 11 is 0. The molecule has 56 valence electrons. The maximum atomic E-state index is 10.2. The summed E-state index contributed by atoms with van der Waals surface area (Å²) in [5.41, 5.74) is 0. The van der Waals surface area contributed by atoms with Gasteiger partial charge in [-0.1, -0.05) is 0 Å². The van der Waals surface area contributed by atoms with Gasteiger partial charge in [0.1, 0.15) is 0 Å². The number of carbonyl (C=O) groups excluding carboxylic acids is 1. The number of aliphatic carboxylic acids is 1. The van der Waals surface area contributed by atoms with E-state index < -0.39 is 11.9 Å². The Labute approximate surface area is 58.1 Å². The van der Waals surface area contributed by atoms with Crippen LogP contribution in [0.3, 0.4) is 0 Å². The van der Waals surface area contributed by atoms with Gasteiger partial charge in [0.2, 0.25) is 5.76 Å². The number of hydrogen-bond donors (Lipinski definition) is 1. The first kappa shape index (κ1) is 8.68. The van der Waals surface area contributed by atoms with Crippen LogP contribution in [0, 0.1) is 0 Å². The largest absolute Gasteiger partial charge is 0.475 e. The minimum atomic E-state index is -1.24. The van der Waals surface area contributed by atoms with Crippen LogP contribution in [0.25, 0.3) is 0 Å². The third-order valence-corrected chi connectivity index (χ3v) is 0.727. The normalized spacial score (nSPS) is 10.8. The average Bonchev–Trinajstić information content (AvgIpc) is 1.81. The minimum Gasteiger partial charge on any atom is -0.475 e. The molecule has 0 unspecified atom stereocenters. The van der Waals surface area contributed by atoms with Crippen molar-refractivity contribution in [3.05, 3.63) is 11.8 Å². The molecule has 1 N–H and O–H groups in total. The Bertz CT molecular complexity index is 180. The monoisotopic (exact) mass is 144 g/mol. The lowest BCUT2D eigenvalue weighted by molar-refractivity contribution is -0.146. The number of esters is 1. The highest BCUT2D eigenvalue weighted by Gasteiger charge is 2.08. The molecule has 0 bridgehead atoms. The van der Waals surface area contributed by atoms with Crippen molar-refractivity contribution >= 4 is 11.9 Å². The van der Waals surface area contributed by atoms with Crippen molar-refractivity contribution in [3.63, 3.8) is 0 Å². The Morgan fingerprint density at radius 3 is 2.10 bits per heavy atom. The lowest BCUT2D eigenvalue weighted by atomic mass is 10.5. The molecule has 0 saturated heterocycles. The summed E-state index contributed by atoms with van der Waals surface area (Å²) < 4.78 is 4.28. The maximum Gasteiger partial charge on any atom is 0.371 e. The van der Waals surface area contributed by atoms with Crippen molar-refractivity contribution in [2.45, 2.75) is 13.8 Å². The summed E-state index contributed by atoms with van der Waals surface area (Å²) in [7, 11) is 0. The molecule has 0 aliphatic rings. The summed E-state index contributed by atoms with van der Waals surface area (Å²) in [6, 6.07) is 0. The van der Waals surface area contributed by atoms with Crippen molar-refractivity contribution < 1.29 is 19.4 Å². The fourth-order valence-electron chi connectivity index (χ4n) is 0.381. The van der Waals surface area contributed by atoms with Gasteiger partial charge < -0.3 is 9.84 Å². The number of rotatable bonds is 2. The van der Waals surface area contributed by atoms with E-state index in [0.717, 1.165) is 6.92 Å². The molecule has 0 aromatic carbocycles. The highest BCUT2D eigenvalue weighted by atomic mass is 16.6. The van der Waals surface area contributed by atoms with Crippen molar-refractivity contribution in [1.29, 1.82) is 0 Å². The van der Waals surface area contributed by atoms with Crippen LogP contribution >= 0.6 is 0 Å². The van der Waals surface area contributed by atoms with Crippen LogP contribution in [-0.2, 0) is 14.3 Å². The van der Waals surface area contributed by atoms with Gasteiger partial charge in [-0.3, -0.25) is 4.79 Å². The first-order valence-corrected chi connectivity index (χ1v) is 2.66. The number of allylic oxidation sites excluding steroid dienone is 1. The second-order valence-corrected chi connectivity index (χ2v) is 1.55. The lowest BCUT2D eigenvalue weighted by Crippen LogP contribution is -2.07. The predicted octanol–water partition coefficient (Wildman–Crippen LogP) is 0.538. The predicted molar refractivity (Wildman–Crippen MR) is 33.2 cm³/mol. The molecule has 0 radical (unpaired) electrons. The van der Waals surface area contributed by atoms with E-state index in [-0.39, 0.29) is 5.76 Å². The van der Waals surface area contributed by atoms with Crippen molar-refractivity contribution in [1.82, 2.24) is 0 Å². The number of carbonyl (C=O) groups is 2. The third kappa shape index (κ3) is 2.86. The second kappa shape index (κ2) is 3.66. The first-order chi connectivity index (χ1) is 4.57. The Hall–Kier alpha value is -1.32. The van der Waals surface area contributed by atoms with Crippen LogP contribution in [0.4, 0.5) is 0 Å². The zero-order chi connectivity index (χ0) is 8.15. The summed E-state index contributed by atoms with van der Waals surface area (Å²) in [6.07, 6.45) is 1.21. The van der Waals surface area contributed by atoms with Crippen LogP contribution in [0.15, 0.2) is 11.8 Å². The van der Waals surface area contributed by atoms with Crippen LogP contribution in [0.5, 0.6) is 0 Å². The maximum absolute atomic E-state index is 10.2. The molecule has 0 aliphatic carbocycles. The van der Waals surface area contributed by atoms with Crippen LogP contribution in [0.2, 0.25) is 0 Å². The highest BCUT2D eigenvalue weighted by Crippen LogP contribution is 1.96. The number of carboxylic acid groups (broad SMARTS) is 1. The molecule has 0 saturated carbocycles. The molecular weight excluding hydrogens is 136 g/mol. The number of carboxylic acids is 1. The smallest absolute Gasteiger partial charge is 0.371 e. The van der Waals surface area contributed by atoms with Gasteiger partial charge in [-0.15, -0.1) is 0 Å². The van der Waals surface area contributed by atoms with Gasteiger partial charge in [0, 0.05) is 6.92 Å². The van der Waals surface area contributed by atoms with Crippen LogP contribution < -0.4 is 0 Å². The molecule has 10 heavy (non-hydrogen) atoms. The minimum absolute atomic E-state index is 0.340. The molecule has 4 nitrogen and oxygen atoms in total. The van der Waals surface area contributed by atoms with Crippen molar-refractivity contribution in [2.24, 2.45) is 0 Å². The fraction of sp³-hybridized carbons (Fsp3) is 0.333. The SMILES string of the molecule is C/C=C(\OC(C)=O)C(=O)O. The van der Waals surface area contributed by atoms with Gasteiger partial charge in [-0.2, -0.15) is 0 Å². The molecule has 0 rings (SSSR count). The molecule has 4 heteroatoms. The van der Waals surface area contributed by atoms with E-state index in [9.17, 15) is 9.59 Å². The molecule has 0 spiro atoms. The summed E-state index contributed by atoms with van der Waals surface area (Å²) in [4.78, 5) is 20.3. The van der Waals surface area contributed by atoms with E-state index >= 15 is 0 Å². The van der Waals surface area contributed by atoms with Gasteiger partial charge >= 0.3 is 11.9 Å². The van der Waals surface area contributed by atoms with E-state index in [2.05, 4.69) is 4.74 Å². The quantitative estimate of drug-likeness (QED) is 0.349. The zero-order valence-electron chi connectivity index (χ0n) is 5.75. The van der Waals surface area contributed by atoms with E-state index in [1.54, 1.807) is 0 Å². The van der Waals surface area contributed by atoms with Crippen molar-refractivity contribution in [2.75, 3.05) is 0 Å². The van der Waals surface area contributed by atoms with Crippen LogP contribution in [0.1, 0.15) is 13.8 Å². The third-order valence-electron chi connectivity index (χ3n) is 0.727. The molecule has 0 amide bonds. The molecule has 0 aliphatic heterocycles. The van der Waals surface area contributed by atoms with Gasteiger partial charge in [-0.25, -0.2) is 4.79 Å². The molecule has 0 fully saturated rings. The number of hydrogen-bond acceptors (Lipinski definition) is 3. The molecule has 0 aromatic rings. The topological polar surface area (TPSA) is 63.6 Å². The average molecular weight is 144 g/mol.